The lowest BCUT2D eigenvalue weighted by Crippen LogP contribution is -1.97. The monoisotopic (exact) mass is 324 g/mol. The van der Waals surface area contributed by atoms with Gasteiger partial charge in [-0.15, -0.1) is 0 Å². The first-order valence-electron chi connectivity index (χ1n) is 6.77. The molecule has 0 saturated heterocycles. The van der Waals surface area contributed by atoms with Crippen LogP contribution in [-0.2, 0) is 12.8 Å². The van der Waals surface area contributed by atoms with Gasteiger partial charge in [0.2, 0.25) is 0 Å². The summed E-state index contributed by atoms with van der Waals surface area (Å²) in [5.41, 5.74) is 3.03. The molecule has 0 spiro atoms. The maximum absolute atomic E-state index is 9.26. The Morgan fingerprint density at radius 2 is 1.68 bits per heavy atom. The highest BCUT2D eigenvalue weighted by Crippen LogP contribution is 2.27. The fourth-order valence-electron chi connectivity index (χ4n) is 2.31. The van der Waals surface area contributed by atoms with E-state index in [0.29, 0.717) is 17.5 Å². The quantitative estimate of drug-likeness (QED) is 0.732. The summed E-state index contributed by atoms with van der Waals surface area (Å²) in [6, 6.07) is 8.01. The third-order valence-electron chi connectivity index (χ3n) is 3.43. The summed E-state index contributed by atoms with van der Waals surface area (Å²) in [4.78, 5) is 11.0. The highest BCUT2D eigenvalue weighted by Gasteiger charge is 2.11. The van der Waals surface area contributed by atoms with Crippen molar-refractivity contribution in [2.75, 3.05) is 0 Å². The van der Waals surface area contributed by atoms with Crippen molar-refractivity contribution in [3.8, 4) is 12.1 Å². The molecule has 0 fully saturated rings. The number of benzene rings is 1. The summed E-state index contributed by atoms with van der Waals surface area (Å²) in [5, 5.41) is 20.5. The number of rotatable bonds is 3. The van der Waals surface area contributed by atoms with Crippen LogP contribution in [0.25, 0.3) is 9.66 Å². The zero-order valence-electron chi connectivity index (χ0n) is 12.2. The van der Waals surface area contributed by atoms with Crippen molar-refractivity contribution >= 4 is 32.3 Å². The Hall–Kier alpha value is -2.28. The topological polar surface area (TPSA) is 73.4 Å². The average molecular weight is 324 g/mol. The Labute approximate surface area is 136 Å². The van der Waals surface area contributed by atoms with Crippen LogP contribution < -0.4 is 0 Å². The van der Waals surface area contributed by atoms with Crippen LogP contribution in [0.5, 0.6) is 0 Å². The molecule has 22 heavy (non-hydrogen) atoms. The second kappa shape index (κ2) is 5.84. The molecule has 0 atom stereocenters. The van der Waals surface area contributed by atoms with Gasteiger partial charge in [-0.1, -0.05) is 22.7 Å². The number of aryl methyl sites for hydroxylation is 4. The Morgan fingerprint density at radius 1 is 0.955 bits per heavy atom. The Morgan fingerprint density at radius 3 is 2.36 bits per heavy atom. The van der Waals surface area contributed by atoms with Crippen LogP contribution in [0.1, 0.15) is 32.3 Å². The van der Waals surface area contributed by atoms with Crippen molar-refractivity contribution in [2.45, 2.75) is 26.7 Å². The number of nitriles is 2. The maximum Gasteiger partial charge on any atom is 0.155 e. The van der Waals surface area contributed by atoms with Crippen molar-refractivity contribution in [3.63, 3.8) is 0 Å². The van der Waals surface area contributed by atoms with Crippen molar-refractivity contribution in [3.05, 3.63) is 44.4 Å². The Kier molecular flexibility index (Phi) is 3.89. The van der Waals surface area contributed by atoms with E-state index in [1.165, 1.54) is 0 Å². The number of aromatic nitrogens is 2. The van der Waals surface area contributed by atoms with E-state index >= 15 is 0 Å². The number of thiazole rings is 2. The van der Waals surface area contributed by atoms with Gasteiger partial charge in [-0.25, -0.2) is 9.97 Å². The first kappa shape index (κ1) is 14.6. The minimum atomic E-state index is 0.631. The number of fused-ring (bicyclic) bond motifs is 1. The van der Waals surface area contributed by atoms with E-state index in [4.69, 9.17) is 5.26 Å². The van der Waals surface area contributed by atoms with E-state index in [9.17, 15) is 5.26 Å². The summed E-state index contributed by atoms with van der Waals surface area (Å²) in [5.74, 6) is 0. The van der Waals surface area contributed by atoms with E-state index in [2.05, 4.69) is 22.1 Å². The largest absolute Gasteiger partial charge is 0.229 e. The summed E-state index contributed by atoms with van der Waals surface area (Å²) in [6.07, 6.45) is 1.47. The van der Waals surface area contributed by atoms with Crippen molar-refractivity contribution in [1.82, 2.24) is 9.97 Å². The predicted molar refractivity (Wildman–Crippen MR) is 88.0 cm³/mol. The SMILES string of the molecule is Cc1nc2sc(CCc3cc(C#N)c(C)cc3C#N)nc2s1. The third kappa shape index (κ3) is 2.71. The van der Waals surface area contributed by atoms with Gasteiger partial charge in [0.05, 0.1) is 33.3 Å². The van der Waals surface area contributed by atoms with Gasteiger partial charge in [0.25, 0.3) is 0 Å². The molecule has 6 heteroatoms. The van der Waals surface area contributed by atoms with Crippen molar-refractivity contribution < 1.29 is 0 Å². The van der Waals surface area contributed by atoms with Gasteiger partial charge >= 0.3 is 0 Å². The molecule has 2 heterocycles. The minimum absolute atomic E-state index is 0.631. The molecule has 108 valence electrons. The molecule has 0 saturated carbocycles. The van der Waals surface area contributed by atoms with Gasteiger partial charge in [0.15, 0.2) is 9.66 Å². The molecule has 0 bridgehead atoms. The molecular formula is C16H12N4S2. The van der Waals surface area contributed by atoms with Crippen LogP contribution in [0.4, 0.5) is 0 Å². The van der Waals surface area contributed by atoms with Crippen LogP contribution in [0, 0.1) is 36.5 Å². The van der Waals surface area contributed by atoms with E-state index in [1.54, 1.807) is 28.7 Å². The smallest absolute Gasteiger partial charge is 0.155 e. The Bertz CT molecular complexity index is 906. The van der Waals surface area contributed by atoms with Crippen LogP contribution in [0.15, 0.2) is 12.1 Å². The van der Waals surface area contributed by atoms with Gasteiger partial charge in [-0.3, -0.25) is 0 Å². The second-order valence-corrected chi connectivity index (χ2v) is 7.24. The second-order valence-electron chi connectivity index (χ2n) is 5.00. The van der Waals surface area contributed by atoms with Crippen LogP contribution in [-0.4, -0.2) is 9.97 Å². The average Bonchev–Trinajstić information content (AvgIpc) is 3.02. The van der Waals surface area contributed by atoms with Gasteiger partial charge in [-0.05, 0) is 43.5 Å². The van der Waals surface area contributed by atoms with E-state index in [1.807, 2.05) is 19.9 Å². The molecule has 0 unspecified atom stereocenters. The molecule has 0 N–H and O–H groups in total. The van der Waals surface area contributed by atoms with Crippen LogP contribution in [0.2, 0.25) is 0 Å². The van der Waals surface area contributed by atoms with E-state index < -0.39 is 0 Å². The van der Waals surface area contributed by atoms with Gasteiger partial charge in [0, 0.05) is 6.42 Å². The molecule has 1 aromatic carbocycles. The lowest BCUT2D eigenvalue weighted by molar-refractivity contribution is 0.944. The fourth-order valence-corrected chi connectivity index (χ4v) is 4.27. The minimum Gasteiger partial charge on any atom is -0.229 e. The molecular weight excluding hydrogens is 312 g/mol. The molecule has 0 radical (unpaired) electrons. The molecule has 3 aromatic rings. The van der Waals surface area contributed by atoms with Crippen LogP contribution in [0.3, 0.4) is 0 Å². The summed E-state index contributed by atoms with van der Waals surface area (Å²) < 4.78 is 0. The normalized spacial score (nSPS) is 10.5. The number of hydrogen-bond acceptors (Lipinski definition) is 6. The highest BCUT2D eigenvalue weighted by atomic mass is 32.1. The molecule has 0 aliphatic rings. The van der Waals surface area contributed by atoms with E-state index in [-0.39, 0.29) is 0 Å². The Balaban J connectivity index is 1.85. The number of hydrogen-bond donors (Lipinski definition) is 0. The molecule has 0 amide bonds. The molecule has 2 aromatic heterocycles. The maximum atomic E-state index is 9.26. The van der Waals surface area contributed by atoms with Crippen LogP contribution >= 0.6 is 22.7 Å². The zero-order chi connectivity index (χ0) is 15.7. The van der Waals surface area contributed by atoms with Gasteiger partial charge < -0.3 is 0 Å². The molecule has 3 rings (SSSR count). The molecule has 0 aliphatic carbocycles. The fraction of sp³-hybridized carbons (Fsp3) is 0.250. The molecule has 0 aliphatic heterocycles. The van der Waals surface area contributed by atoms with Gasteiger partial charge in [-0.2, -0.15) is 10.5 Å². The van der Waals surface area contributed by atoms with Gasteiger partial charge in [0.1, 0.15) is 0 Å². The lowest BCUT2D eigenvalue weighted by atomic mass is 9.97. The van der Waals surface area contributed by atoms with Crippen molar-refractivity contribution in [1.29, 1.82) is 10.5 Å². The standard InChI is InChI=1S/C16H12N4S2/c1-9-5-13(8-18)11(6-12(9)7-17)3-4-14-20-16-15(22-14)19-10(2)21-16/h5-6H,3-4H2,1-2H3. The summed E-state index contributed by atoms with van der Waals surface area (Å²) >= 11 is 3.21. The lowest BCUT2D eigenvalue weighted by Gasteiger charge is -2.06. The number of nitrogens with zero attached hydrogens (tertiary/aromatic N) is 4. The third-order valence-corrected chi connectivity index (χ3v) is 5.43. The van der Waals surface area contributed by atoms with E-state index in [0.717, 1.165) is 37.2 Å². The zero-order valence-corrected chi connectivity index (χ0v) is 13.8. The molecule has 4 nitrogen and oxygen atoms in total. The summed E-state index contributed by atoms with van der Waals surface area (Å²) in [6.45, 7) is 3.83. The highest BCUT2D eigenvalue weighted by molar-refractivity contribution is 7.26. The first-order chi connectivity index (χ1) is 10.6. The van der Waals surface area contributed by atoms with Crippen molar-refractivity contribution in [2.24, 2.45) is 0 Å². The summed E-state index contributed by atoms with van der Waals surface area (Å²) in [7, 11) is 0. The first-order valence-corrected chi connectivity index (χ1v) is 8.40. The predicted octanol–water partition coefficient (Wildman–Crippen LogP) is 3.90.